The smallest absolute Gasteiger partial charge is 0.394 e. The molecule has 142 valence electrons. The summed E-state index contributed by atoms with van der Waals surface area (Å²) in [5.74, 6) is 0. The minimum absolute atomic E-state index is 0.708. The van der Waals surface area contributed by atoms with E-state index >= 15 is 0 Å². The molecule has 0 saturated carbocycles. The van der Waals surface area contributed by atoms with Crippen LogP contribution >= 0.6 is 7.82 Å². The van der Waals surface area contributed by atoms with Gasteiger partial charge in [-0.2, -0.15) is 0 Å². The SMILES string of the molecule is O=c1ccn([C@@H]2O[C@H](CO)[C@@H](OP(=O)(O)OCC(F)F)[C@H]2O)c(=O)[nH]1. The number of phosphoric acid groups is 1. The molecule has 0 amide bonds. The minimum atomic E-state index is -5.00. The maximum atomic E-state index is 12.1. The van der Waals surface area contributed by atoms with Gasteiger partial charge in [0.05, 0.1) is 6.61 Å². The topological polar surface area (TPSA) is 160 Å². The number of ether oxygens (including phenoxy) is 1. The summed E-state index contributed by atoms with van der Waals surface area (Å²) in [4.78, 5) is 34.1. The first-order valence-electron chi connectivity index (χ1n) is 6.84. The Hall–Kier alpha value is -1.47. The second-order valence-corrected chi connectivity index (χ2v) is 6.39. The first kappa shape index (κ1) is 19.8. The highest BCUT2D eigenvalue weighted by molar-refractivity contribution is 7.47. The number of alkyl halides is 2. The molecule has 0 radical (unpaired) electrons. The van der Waals surface area contributed by atoms with E-state index in [4.69, 9.17) is 4.74 Å². The van der Waals surface area contributed by atoms with Gasteiger partial charge < -0.3 is 19.8 Å². The molecule has 2 heterocycles. The van der Waals surface area contributed by atoms with Crippen LogP contribution < -0.4 is 11.2 Å². The van der Waals surface area contributed by atoms with Crippen molar-refractivity contribution in [3.63, 3.8) is 0 Å². The number of nitrogens with one attached hydrogen (secondary N) is 1. The molecule has 11 nitrogen and oxygen atoms in total. The summed E-state index contributed by atoms with van der Waals surface area (Å²) in [6.45, 7) is -2.17. The van der Waals surface area contributed by atoms with E-state index in [9.17, 15) is 38.0 Å². The molecule has 0 bridgehead atoms. The molecule has 1 aromatic rings. The van der Waals surface area contributed by atoms with Crippen molar-refractivity contribution in [2.75, 3.05) is 13.2 Å². The number of hydrogen-bond acceptors (Lipinski definition) is 8. The predicted molar refractivity (Wildman–Crippen MR) is 75.0 cm³/mol. The molecule has 1 fully saturated rings. The predicted octanol–water partition coefficient (Wildman–Crippen LogP) is -1.45. The summed E-state index contributed by atoms with van der Waals surface area (Å²) >= 11 is 0. The van der Waals surface area contributed by atoms with Crippen LogP contribution in [0, 0.1) is 0 Å². The van der Waals surface area contributed by atoms with E-state index in [-0.39, 0.29) is 0 Å². The second kappa shape index (κ2) is 7.83. The lowest BCUT2D eigenvalue weighted by Crippen LogP contribution is -2.38. The van der Waals surface area contributed by atoms with E-state index in [1.165, 1.54) is 0 Å². The Bertz CT molecular complexity index is 754. The molecule has 2 rings (SSSR count). The van der Waals surface area contributed by atoms with Gasteiger partial charge in [0.25, 0.3) is 12.0 Å². The van der Waals surface area contributed by atoms with E-state index in [0.29, 0.717) is 0 Å². The van der Waals surface area contributed by atoms with Gasteiger partial charge in [0.1, 0.15) is 24.9 Å². The average molecular weight is 388 g/mol. The van der Waals surface area contributed by atoms with Gasteiger partial charge in [0.15, 0.2) is 6.23 Å². The Balaban J connectivity index is 2.20. The number of nitrogens with zero attached hydrogens (tertiary/aromatic N) is 1. The minimum Gasteiger partial charge on any atom is -0.394 e. The molecule has 1 unspecified atom stereocenters. The fourth-order valence-corrected chi connectivity index (χ4v) is 3.12. The van der Waals surface area contributed by atoms with Crippen LogP contribution in [0.3, 0.4) is 0 Å². The number of hydrogen-bond donors (Lipinski definition) is 4. The summed E-state index contributed by atoms with van der Waals surface area (Å²) in [5, 5.41) is 19.4. The van der Waals surface area contributed by atoms with Crippen LogP contribution in [0.4, 0.5) is 8.78 Å². The summed E-state index contributed by atoms with van der Waals surface area (Å²) in [6.07, 6.45) is -8.29. The average Bonchev–Trinajstić information content (AvgIpc) is 2.82. The van der Waals surface area contributed by atoms with Crippen molar-refractivity contribution in [3.05, 3.63) is 33.1 Å². The Labute approximate surface area is 138 Å². The van der Waals surface area contributed by atoms with Crippen molar-refractivity contribution in [1.29, 1.82) is 0 Å². The van der Waals surface area contributed by atoms with E-state index < -0.39 is 63.3 Å². The fourth-order valence-electron chi connectivity index (χ4n) is 2.19. The highest BCUT2D eigenvalue weighted by atomic mass is 31.2. The molecule has 0 aliphatic carbocycles. The van der Waals surface area contributed by atoms with E-state index in [1.54, 1.807) is 0 Å². The van der Waals surface area contributed by atoms with E-state index in [2.05, 4.69) is 9.05 Å². The molecular weight excluding hydrogens is 373 g/mol. The van der Waals surface area contributed by atoms with Gasteiger partial charge in [-0.05, 0) is 0 Å². The third-order valence-electron chi connectivity index (χ3n) is 3.23. The van der Waals surface area contributed by atoms with Crippen molar-refractivity contribution in [2.45, 2.75) is 31.0 Å². The maximum absolute atomic E-state index is 12.1. The number of phosphoric ester groups is 1. The van der Waals surface area contributed by atoms with Crippen molar-refractivity contribution >= 4 is 7.82 Å². The van der Waals surface area contributed by atoms with Gasteiger partial charge in [-0.1, -0.05) is 0 Å². The third-order valence-corrected chi connectivity index (χ3v) is 4.22. The molecule has 1 saturated heterocycles. The van der Waals surface area contributed by atoms with Crippen LogP contribution in [-0.4, -0.2) is 62.6 Å². The number of aliphatic hydroxyl groups is 2. The Morgan fingerprint density at radius 2 is 2.12 bits per heavy atom. The quantitative estimate of drug-likeness (QED) is 0.410. The molecule has 5 atom stereocenters. The number of H-pyrrole nitrogens is 1. The first-order chi connectivity index (χ1) is 11.6. The van der Waals surface area contributed by atoms with Crippen LogP contribution in [0.2, 0.25) is 0 Å². The van der Waals surface area contributed by atoms with Crippen LogP contribution in [0.5, 0.6) is 0 Å². The Morgan fingerprint density at radius 1 is 1.44 bits per heavy atom. The molecule has 4 N–H and O–H groups in total. The van der Waals surface area contributed by atoms with Gasteiger partial charge in [0, 0.05) is 12.3 Å². The Morgan fingerprint density at radius 3 is 2.68 bits per heavy atom. The van der Waals surface area contributed by atoms with Crippen LogP contribution in [0.1, 0.15) is 6.23 Å². The molecule has 0 spiro atoms. The normalized spacial score (nSPS) is 29.0. The van der Waals surface area contributed by atoms with Crippen molar-refractivity contribution in [3.8, 4) is 0 Å². The molecule has 1 aliphatic rings. The molecule has 14 heteroatoms. The highest BCUT2D eigenvalue weighted by Gasteiger charge is 2.49. The van der Waals surface area contributed by atoms with Crippen molar-refractivity contribution in [1.82, 2.24) is 9.55 Å². The lowest BCUT2D eigenvalue weighted by atomic mass is 10.1. The highest BCUT2D eigenvalue weighted by Crippen LogP contribution is 2.48. The number of aromatic nitrogens is 2. The van der Waals surface area contributed by atoms with Gasteiger partial charge in [0.2, 0.25) is 0 Å². The van der Waals surface area contributed by atoms with Crippen molar-refractivity contribution < 1.29 is 42.2 Å². The van der Waals surface area contributed by atoms with Crippen LogP contribution in [-0.2, 0) is 18.3 Å². The lowest BCUT2D eigenvalue weighted by molar-refractivity contribution is -0.0553. The number of halogens is 2. The van der Waals surface area contributed by atoms with Crippen LogP contribution in [0.15, 0.2) is 21.9 Å². The number of rotatable bonds is 7. The number of aromatic amines is 1. The number of aliphatic hydroxyl groups excluding tert-OH is 2. The first-order valence-corrected chi connectivity index (χ1v) is 8.34. The molecule has 0 aromatic carbocycles. The van der Waals surface area contributed by atoms with E-state index in [1.807, 2.05) is 4.98 Å². The fraction of sp³-hybridized carbons (Fsp3) is 0.636. The van der Waals surface area contributed by atoms with Gasteiger partial charge in [-0.15, -0.1) is 0 Å². The summed E-state index contributed by atoms with van der Waals surface area (Å²) < 4.78 is 50.4. The summed E-state index contributed by atoms with van der Waals surface area (Å²) in [6, 6.07) is 0.961. The lowest BCUT2D eigenvalue weighted by Gasteiger charge is -2.22. The van der Waals surface area contributed by atoms with Crippen molar-refractivity contribution in [2.24, 2.45) is 0 Å². The molecule has 1 aromatic heterocycles. The van der Waals surface area contributed by atoms with Gasteiger partial charge >= 0.3 is 13.5 Å². The molecule has 1 aliphatic heterocycles. The van der Waals surface area contributed by atoms with Gasteiger partial charge in [-0.25, -0.2) is 18.1 Å². The summed E-state index contributed by atoms with van der Waals surface area (Å²) in [7, 11) is -5.00. The Kier molecular flexibility index (Phi) is 6.21. The summed E-state index contributed by atoms with van der Waals surface area (Å²) in [5.41, 5.74) is -1.66. The zero-order valence-corrected chi connectivity index (χ0v) is 13.3. The zero-order valence-electron chi connectivity index (χ0n) is 12.4. The standard InChI is InChI=1S/C11H15F2N2O9P/c12-6(13)4-22-25(20,21)24-9-5(3-16)23-10(8(9)18)15-2-1-7(17)14-11(15)19/h1-2,5-6,8-10,16,18H,3-4H2,(H,20,21)(H,14,17,19)/t5-,8-,9-,10-/m1/s1. The largest absolute Gasteiger partial charge is 0.472 e. The molecular formula is C11H15F2N2O9P. The van der Waals surface area contributed by atoms with E-state index in [0.717, 1.165) is 16.8 Å². The third kappa shape index (κ3) is 4.79. The monoisotopic (exact) mass is 388 g/mol. The zero-order chi connectivity index (χ0) is 18.8. The van der Waals surface area contributed by atoms with Crippen LogP contribution in [0.25, 0.3) is 0 Å². The molecule has 25 heavy (non-hydrogen) atoms. The van der Waals surface area contributed by atoms with Gasteiger partial charge in [-0.3, -0.25) is 23.4 Å². The second-order valence-electron chi connectivity index (χ2n) is 4.98. The maximum Gasteiger partial charge on any atom is 0.472 e.